The van der Waals surface area contributed by atoms with Gasteiger partial charge in [0.25, 0.3) is 5.91 Å². The average Bonchev–Trinajstić information content (AvgIpc) is 3.06. The molecule has 0 radical (unpaired) electrons. The second-order valence-electron chi connectivity index (χ2n) is 5.44. The van der Waals surface area contributed by atoms with Crippen molar-refractivity contribution in [2.45, 2.75) is 12.5 Å². The molecule has 0 aliphatic carbocycles. The fourth-order valence-corrected chi connectivity index (χ4v) is 3.06. The van der Waals surface area contributed by atoms with Gasteiger partial charge in [0.15, 0.2) is 5.13 Å². The van der Waals surface area contributed by atoms with Crippen molar-refractivity contribution in [2.24, 2.45) is 0 Å². The van der Waals surface area contributed by atoms with Gasteiger partial charge in [-0.25, -0.2) is 4.98 Å². The molecule has 0 unspecified atom stereocenters. The Morgan fingerprint density at radius 3 is 2.24 bits per heavy atom. The number of rotatable bonds is 4. The van der Waals surface area contributed by atoms with Crippen LogP contribution in [0, 0.1) is 0 Å². The van der Waals surface area contributed by atoms with Crippen LogP contribution in [0.4, 0.5) is 31.5 Å². The van der Waals surface area contributed by atoms with E-state index in [1.165, 1.54) is 24.4 Å². The van der Waals surface area contributed by atoms with Gasteiger partial charge in [0.05, 0.1) is 5.69 Å². The molecule has 2 heterocycles. The van der Waals surface area contributed by atoms with Gasteiger partial charge in [-0.15, -0.1) is 13.2 Å². The first-order valence-electron chi connectivity index (χ1n) is 7.69. The molecule has 0 aliphatic rings. The lowest BCUT2D eigenvalue weighted by atomic mass is 10.2. The van der Waals surface area contributed by atoms with Crippen molar-refractivity contribution in [3.8, 4) is 17.1 Å². The predicted octanol–water partition coefficient (Wildman–Crippen LogP) is 5.37. The standard InChI is InChI=1S/C17H9F6N3O2S/c18-16(19,20)13-12(11-3-1-2-8-24-11)25-15(29-13)26-14(27)9-4-6-10(7-5-9)28-17(21,22)23/h1-8H,(H,25,26,27). The smallest absolute Gasteiger partial charge is 0.406 e. The van der Waals surface area contributed by atoms with Crippen molar-refractivity contribution in [3.05, 3.63) is 59.1 Å². The monoisotopic (exact) mass is 433 g/mol. The summed E-state index contributed by atoms with van der Waals surface area (Å²) < 4.78 is 80.1. The van der Waals surface area contributed by atoms with Gasteiger partial charge in [-0.2, -0.15) is 13.2 Å². The summed E-state index contributed by atoms with van der Waals surface area (Å²) in [5, 5.41) is 1.87. The summed E-state index contributed by atoms with van der Waals surface area (Å²) in [6.07, 6.45) is -8.30. The minimum atomic E-state index is -4.89. The van der Waals surface area contributed by atoms with E-state index in [0.29, 0.717) is 0 Å². The summed E-state index contributed by atoms with van der Waals surface area (Å²) >= 11 is 0.214. The first-order valence-corrected chi connectivity index (χ1v) is 8.51. The number of nitrogens with zero attached hydrogens (tertiary/aromatic N) is 2. The summed E-state index contributed by atoms with van der Waals surface area (Å²) in [7, 11) is 0. The van der Waals surface area contributed by atoms with Gasteiger partial charge in [0.2, 0.25) is 0 Å². The molecule has 1 aromatic carbocycles. The Morgan fingerprint density at radius 1 is 1.00 bits per heavy atom. The largest absolute Gasteiger partial charge is 0.573 e. The lowest BCUT2D eigenvalue weighted by Crippen LogP contribution is -2.17. The highest BCUT2D eigenvalue weighted by atomic mass is 32.1. The third kappa shape index (κ3) is 5.22. The average molecular weight is 433 g/mol. The van der Waals surface area contributed by atoms with Crippen LogP contribution in [-0.4, -0.2) is 22.2 Å². The molecular weight excluding hydrogens is 424 g/mol. The van der Waals surface area contributed by atoms with Gasteiger partial charge in [-0.05, 0) is 36.4 Å². The number of pyridine rings is 1. The number of carbonyl (C=O) groups excluding carboxylic acids is 1. The molecule has 1 amide bonds. The minimum absolute atomic E-state index is 0.0229. The van der Waals surface area contributed by atoms with E-state index < -0.39 is 34.8 Å². The van der Waals surface area contributed by atoms with E-state index in [9.17, 15) is 31.1 Å². The van der Waals surface area contributed by atoms with E-state index in [2.05, 4.69) is 20.0 Å². The van der Waals surface area contributed by atoms with Crippen molar-refractivity contribution in [3.63, 3.8) is 0 Å². The molecule has 0 atom stereocenters. The second kappa shape index (κ2) is 7.70. The Labute approximate surface area is 163 Å². The van der Waals surface area contributed by atoms with Crippen molar-refractivity contribution in [1.82, 2.24) is 9.97 Å². The Morgan fingerprint density at radius 2 is 1.69 bits per heavy atom. The van der Waals surface area contributed by atoms with Crippen LogP contribution < -0.4 is 10.1 Å². The first kappa shape index (κ1) is 20.6. The number of hydrogen-bond donors (Lipinski definition) is 1. The van der Waals surface area contributed by atoms with Gasteiger partial charge < -0.3 is 4.74 Å². The van der Waals surface area contributed by atoms with Crippen molar-refractivity contribution >= 4 is 22.4 Å². The van der Waals surface area contributed by atoms with E-state index in [1.54, 1.807) is 0 Å². The number of thiazole rings is 1. The summed E-state index contributed by atoms with van der Waals surface area (Å²) in [6.45, 7) is 0. The van der Waals surface area contributed by atoms with Gasteiger partial charge in [0, 0.05) is 11.8 Å². The Balaban J connectivity index is 1.83. The highest BCUT2D eigenvalue weighted by molar-refractivity contribution is 7.16. The molecule has 0 fully saturated rings. The summed E-state index contributed by atoms with van der Waals surface area (Å²) in [5.41, 5.74) is -0.555. The van der Waals surface area contributed by atoms with E-state index in [1.807, 2.05) is 0 Å². The molecule has 0 saturated heterocycles. The first-order chi connectivity index (χ1) is 13.5. The Kier molecular flexibility index (Phi) is 5.46. The molecule has 0 spiro atoms. The van der Waals surface area contributed by atoms with Gasteiger partial charge in [-0.1, -0.05) is 17.4 Å². The number of ether oxygens (including phenoxy) is 1. The Bertz CT molecular complexity index is 1000. The number of aromatic nitrogens is 2. The molecule has 0 bridgehead atoms. The van der Waals surface area contributed by atoms with Gasteiger partial charge in [0.1, 0.15) is 16.3 Å². The van der Waals surface area contributed by atoms with Crippen LogP contribution in [0.15, 0.2) is 48.7 Å². The topological polar surface area (TPSA) is 64.1 Å². The van der Waals surface area contributed by atoms with Crippen LogP contribution in [-0.2, 0) is 6.18 Å². The van der Waals surface area contributed by atoms with Gasteiger partial charge >= 0.3 is 12.5 Å². The van der Waals surface area contributed by atoms with Crippen molar-refractivity contribution in [2.75, 3.05) is 5.32 Å². The number of carbonyl (C=O) groups is 1. The maximum absolute atomic E-state index is 13.3. The highest BCUT2D eigenvalue weighted by Gasteiger charge is 2.38. The molecule has 5 nitrogen and oxygen atoms in total. The second-order valence-corrected chi connectivity index (χ2v) is 6.43. The molecule has 1 N–H and O–H groups in total. The molecule has 12 heteroatoms. The number of nitrogens with one attached hydrogen (secondary N) is 1. The van der Waals surface area contributed by atoms with Crippen LogP contribution in [0.25, 0.3) is 11.4 Å². The Hall–Kier alpha value is -3.15. The lowest BCUT2D eigenvalue weighted by Gasteiger charge is -2.09. The number of halogens is 6. The van der Waals surface area contributed by atoms with E-state index in [0.717, 1.165) is 24.3 Å². The zero-order chi connectivity index (χ0) is 21.2. The maximum Gasteiger partial charge on any atom is 0.573 e. The van der Waals surface area contributed by atoms with E-state index in [4.69, 9.17) is 0 Å². The maximum atomic E-state index is 13.3. The highest BCUT2D eigenvalue weighted by Crippen LogP contribution is 2.42. The van der Waals surface area contributed by atoms with Crippen LogP contribution in [0.2, 0.25) is 0 Å². The molecule has 2 aromatic heterocycles. The summed E-state index contributed by atoms with van der Waals surface area (Å²) in [4.78, 5) is 18.8. The number of anilines is 1. The van der Waals surface area contributed by atoms with Gasteiger partial charge in [-0.3, -0.25) is 15.1 Å². The zero-order valence-corrected chi connectivity index (χ0v) is 14.8. The zero-order valence-electron chi connectivity index (χ0n) is 14.0. The molecule has 0 saturated carbocycles. The number of hydrogen-bond acceptors (Lipinski definition) is 5. The molecular formula is C17H9F6N3O2S. The molecule has 152 valence electrons. The number of alkyl halides is 6. The number of amides is 1. The normalized spacial score (nSPS) is 11.9. The van der Waals surface area contributed by atoms with Crippen LogP contribution in [0.1, 0.15) is 15.2 Å². The molecule has 0 aliphatic heterocycles. The fourth-order valence-electron chi connectivity index (χ4n) is 2.22. The predicted molar refractivity (Wildman–Crippen MR) is 91.4 cm³/mol. The summed E-state index contributed by atoms with van der Waals surface area (Å²) in [5.74, 6) is -1.39. The van der Waals surface area contributed by atoms with E-state index >= 15 is 0 Å². The molecule has 3 rings (SSSR count). The SMILES string of the molecule is O=C(Nc1nc(-c2ccccn2)c(C(F)(F)F)s1)c1ccc(OC(F)(F)F)cc1. The fraction of sp³-hybridized carbons (Fsp3) is 0.118. The molecule has 29 heavy (non-hydrogen) atoms. The third-order valence-electron chi connectivity index (χ3n) is 3.36. The lowest BCUT2D eigenvalue weighted by molar-refractivity contribution is -0.274. The minimum Gasteiger partial charge on any atom is -0.406 e. The van der Waals surface area contributed by atoms with Crippen LogP contribution in [0.5, 0.6) is 5.75 Å². The van der Waals surface area contributed by atoms with Crippen LogP contribution >= 0.6 is 11.3 Å². The van der Waals surface area contributed by atoms with Crippen molar-refractivity contribution < 1.29 is 35.9 Å². The quantitative estimate of drug-likeness (QED) is 0.562. The third-order valence-corrected chi connectivity index (χ3v) is 4.38. The van der Waals surface area contributed by atoms with E-state index in [-0.39, 0.29) is 27.7 Å². The summed E-state index contributed by atoms with van der Waals surface area (Å²) in [6, 6.07) is 8.25. The van der Waals surface area contributed by atoms with Crippen LogP contribution in [0.3, 0.4) is 0 Å². The molecule has 3 aromatic rings. The number of benzene rings is 1. The van der Waals surface area contributed by atoms with Crippen molar-refractivity contribution in [1.29, 1.82) is 0 Å².